The number of aromatic amines is 1. The topological polar surface area (TPSA) is 65.8 Å². The third-order valence-electron chi connectivity index (χ3n) is 5.01. The summed E-state index contributed by atoms with van der Waals surface area (Å²) in [6.45, 7) is 0. The Morgan fingerprint density at radius 3 is 1.76 bits per heavy atom. The summed E-state index contributed by atoms with van der Waals surface area (Å²) < 4.78 is 0. The molecule has 0 radical (unpaired) electrons. The van der Waals surface area contributed by atoms with Gasteiger partial charge >= 0.3 is 0 Å². The van der Waals surface area contributed by atoms with Crippen LogP contribution in [0, 0.1) is 0 Å². The van der Waals surface area contributed by atoms with Crippen LogP contribution in [0.4, 0.5) is 17.3 Å². The quantitative estimate of drug-likeness (QED) is 0.297. The predicted octanol–water partition coefficient (Wildman–Crippen LogP) is 6.81. The standard InChI is InChI=1S/C28H21N5/c1-3-7-21(8-4-1)18-29-24-13-11-23(12-14-24)20-31-28-32-26-16-15-25(17-27(26)33-28)30-19-22-9-5-2-6-10-22/h1-20H,(H,32,33)/b29-18?,30-19?,31-20+. The fourth-order valence-electron chi connectivity index (χ4n) is 3.28. The number of fused-ring (bicyclic) bond motifs is 1. The maximum atomic E-state index is 4.55. The molecule has 0 aliphatic heterocycles. The first-order valence-electron chi connectivity index (χ1n) is 10.6. The summed E-state index contributed by atoms with van der Waals surface area (Å²) in [5, 5.41) is 0. The summed E-state index contributed by atoms with van der Waals surface area (Å²) >= 11 is 0. The molecule has 158 valence electrons. The second kappa shape index (κ2) is 9.66. The maximum Gasteiger partial charge on any atom is 0.227 e. The van der Waals surface area contributed by atoms with Crippen molar-refractivity contribution in [2.75, 3.05) is 0 Å². The lowest BCUT2D eigenvalue weighted by Gasteiger charge is -1.96. The molecule has 0 saturated heterocycles. The molecule has 5 heteroatoms. The molecule has 0 atom stereocenters. The highest BCUT2D eigenvalue weighted by molar-refractivity contribution is 5.87. The lowest BCUT2D eigenvalue weighted by atomic mass is 10.2. The zero-order valence-corrected chi connectivity index (χ0v) is 17.8. The molecule has 5 aromatic rings. The van der Waals surface area contributed by atoms with Gasteiger partial charge in [-0.25, -0.2) is 9.98 Å². The second-order valence-electron chi connectivity index (χ2n) is 7.45. The van der Waals surface area contributed by atoms with Gasteiger partial charge in [0.15, 0.2) is 0 Å². The minimum Gasteiger partial charge on any atom is -0.322 e. The van der Waals surface area contributed by atoms with E-state index in [2.05, 4.69) is 24.9 Å². The molecule has 0 spiro atoms. The molecule has 0 aliphatic carbocycles. The fourth-order valence-corrected chi connectivity index (χ4v) is 3.28. The number of imidazole rings is 1. The van der Waals surface area contributed by atoms with Crippen LogP contribution >= 0.6 is 0 Å². The number of benzene rings is 4. The van der Waals surface area contributed by atoms with Gasteiger partial charge in [-0.2, -0.15) is 0 Å². The minimum absolute atomic E-state index is 0.556. The van der Waals surface area contributed by atoms with E-state index < -0.39 is 0 Å². The van der Waals surface area contributed by atoms with Gasteiger partial charge in [0, 0.05) is 18.6 Å². The van der Waals surface area contributed by atoms with Crippen molar-refractivity contribution in [2.45, 2.75) is 0 Å². The molecule has 0 unspecified atom stereocenters. The van der Waals surface area contributed by atoms with Crippen LogP contribution in [-0.4, -0.2) is 28.6 Å². The number of aliphatic imine (C=N–C) groups is 3. The molecule has 5 nitrogen and oxygen atoms in total. The van der Waals surface area contributed by atoms with Crippen LogP contribution in [0.1, 0.15) is 16.7 Å². The van der Waals surface area contributed by atoms with Gasteiger partial charge in [-0.15, -0.1) is 0 Å². The SMILES string of the molecule is C(=Nc1ccc(/C=N/c2nc3ccc(N=Cc4ccccc4)cc3[nH]2)cc1)c1ccccc1. The average Bonchev–Trinajstić information content (AvgIpc) is 3.29. The minimum atomic E-state index is 0.556. The Hall–Kier alpha value is -4.64. The number of hydrogen-bond acceptors (Lipinski definition) is 4. The van der Waals surface area contributed by atoms with Crippen LogP contribution < -0.4 is 0 Å². The largest absolute Gasteiger partial charge is 0.322 e. The highest BCUT2D eigenvalue weighted by Crippen LogP contribution is 2.22. The first-order chi connectivity index (χ1) is 16.3. The Labute approximate surface area is 191 Å². The van der Waals surface area contributed by atoms with E-state index in [0.717, 1.165) is 39.1 Å². The molecule has 0 saturated carbocycles. The van der Waals surface area contributed by atoms with Gasteiger partial charge in [0.2, 0.25) is 5.95 Å². The third kappa shape index (κ3) is 5.35. The fraction of sp³-hybridized carbons (Fsp3) is 0. The van der Waals surface area contributed by atoms with E-state index in [4.69, 9.17) is 0 Å². The van der Waals surface area contributed by atoms with Crippen LogP contribution in [0.5, 0.6) is 0 Å². The Kier molecular flexibility index (Phi) is 5.94. The van der Waals surface area contributed by atoms with Gasteiger partial charge in [-0.3, -0.25) is 9.98 Å². The summed E-state index contributed by atoms with van der Waals surface area (Å²) in [7, 11) is 0. The van der Waals surface area contributed by atoms with Crippen LogP contribution in [0.15, 0.2) is 118 Å². The molecule has 0 amide bonds. The van der Waals surface area contributed by atoms with E-state index in [1.807, 2.05) is 116 Å². The smallest absolute Gasteiger partial charge is 0.227 e. The van der Waals surface area contributed by atoms with Gasteiger partial charge in [-0.05, 0) is 47.0 Å². The normalized spacial score (nSPS) is 11.9. The number of hydrogen-bond donors (Lipinski definition) is 1. The van der Waals surface area contributed by atoms with Crippen LogP contribution in [-0.2, 0) is 0 Å². The van der Waals surface area contributed by atoms with E-state index in [0.29, 0.717) is 5.95 Å². The molecule has 1 heterocycles. The molecular weight excluding hydrogens is 406 g/mol. The zero-order valence-electron chi connectivity index (χ0n) is 17.8. The molecule has 5 rings (SSSR count). The van der Waals surface area contributed by atoms with Crippen molar-refractivity contribution in [3.8, 4) is 0 Å². The highest BCUT2D eigenvalue weighted by atomic mass is 15.1. The summed E-state index contributed by atoms with van der Waals surface area (Å²) in [5.41, 5.74) is 6.61. The van der Waals surface area contributed by atoms with E-state index in [1.54, 1.807) is 6.21 Å². The third-order valence-corrected chi connectivity index (χ3v) is 5.01. The second-order valence-corrected chi connectivity index (χ2v) is 7.45. The van der Waals surface area contributed by atoms with E-state index in [1.165, 1.54) is 0 Å². The van der Waals surface area contributed by atoms with Crippen LogP contribution in [0.2, 0.25) is 0 Å². The van der Waals surface area contributed by atoms with E-state index in [9.17, 15) is 0 Å². The molecule has 1 aromatic heterocycles. The van der Waals surface area contributed by atoms with Gasteiger partial charge in [-0.1, -0.05) is 72.8 Å². The Bertz CT molecular complexity index is 1430. The Balaban J connectivity index is 1.27. The molecule has 1 N–H and O–H groups in total. The molecule has 0 aliphatic rings. The van der Waals surface area contributed by atoms with Crippen LogP contribution in [0.3, 0.4) is 0 Å². The van der Waals surface area contributed by atoms with Crippen molar-refractivity contribution in [3.05, 3.63) is 120 Å². The molecule has 4 aromatic carbocycles. The monoisotopic (exact) mass is 427 g/mol. The van der Waals surface area contributed by atoms with Gasteiger partial charge in [0.1, 0.15) is 0 Å². The number of H-pyrrole nitrogens is 1. The zero-order chi connectivity index (χ0) is 22.3. The average molecular weight is 428 g/mol. The number of nitrogens with one attached hydrogen (secondary N) is 1. The summed E-state index contributed by atoms with van der Waals surface area (Å²) in [6, 6.07) is 33.8. The molecule has 0 fully saturated rings. The Morgan fingerprint density at radius 1 is 0.545 bits per heavy atom. The van der Waals surface area contributed by atoms with Crippen molar-refractivity contribution >= 4 is 47.0 Å². The van der Waals surface area contributed by atoms with Crippen molar-refractivity contribution in [2.24, 2.45) is 15.0 Å². The van der Waals surface area contributed by atoms with Gasteiger partial charge in [0.25, 0.3) is 0 Å². The summed E-state index contributed by atoms with van der Waals surface area (Å²) in [4.78, 5) is 21.3. The highest BCUT2D eigenvalue weighted by Gasteiger charge is 2.02. The van der Waals surface area contributed by atoms with Crippen molar-refractivity contribution in [1.82, 2.24) is 9.97 Å². The summed E-state index contributed by atoms with van der Waals surface area (Å²) in [5.74, 6) is 0.556. The van der Waals surface area contributed by atoms with Crippen molar-refractivity contribution in [1.29, 1.82) is 0 Å². The maximum absolute atomic E-state index is 4.55. The first-order valence-corrected chi connectivity index (χ1v) is 10.6. The van der Waals surface area contributed by atoms with Gasteiger partial charge < -0.3 is 4.98 Å². The predicted molar refractivity (Wildman–Crippen MR) is 137 cm³/mol. The lowest BCUT2D eigenvalue weighted by molar-refractivity contribution is 1.27. The number of rotatable bonds is 6. The molecular formula is C28H21N5. The van der Waals surface area contributed by atoms with Gasteiger partial charge in [0.05, 0.1) is 22.4 Å². The van der Waals surface area contributed by atoms with E-state index >= 15 is 0 Å². The first kappa shape index (κ1) is 20.3. The molecule has 0 bridgehead atoms. The summed E-state index contributed by atoms with van der Waals surface area (Å²) in [6.07, 6.45) is 5.50. The van der Waals surface area contributed by atoms with Crippen molar-refractivity contribution < 1.29 is 0 Å². The Morgan fingerprint density at radius 2 is 1.09 bits per heavy atom. The van der Waals surface area contributed by atoms with Crippen LogP contribution in [0.25, 0.3) is 11.0 Å². The lowest BCUT2D eigenvalue weighted by Crippen LogP contribution is -1.81. The van der Waals surface area contributed by atoms with E-state index in [-0.39, 0.29) is 0 Å². The number of nitrogens with zero attached hydrogens (tertiary/aromatic N) is 4. The number of aromatic nitrogens is 2. The molecule has 33 heavy (non-hydrogen) atoms. The van der Waals surface area contributed by atoms with Crippen molar-refractivity contribution in [3.63, 3.8) is 0 Å².